The first-order valence-corrected chi connectivity index (χ1v) is 7.40. The molecule has 108 valence electrons. The van der Waals surface area contributed by atoms with Gasteiger partial charge in [0.25, 0.3) is 0 Å². The number of aliphatic hydroxyl groups is 1. The number of nitrogens with one attached hydrogen (secondary N) is 1. The molecule has 0 spiro atoms. The van der Waals surface area contributed by atoms with Crippen LogP contribution in [-0.4, -0.2) is 40.3 Å². The van der Waals surface area contributed by atoms with Gasteiger partial charge in [-0.15, -0.1) is 0 Å². The lowest BCUT2D eigenvalue weighted by atomic mass is 10.1. The summed E-state index contributed by atoms with van der Waals surface area (Å²) < 4.78 is 0.842. The molecule has 0 unspecified atom stereocenters. The second kappa shape index (κ2) is 7.05. The van der Waals surface area contributed by atoms with E-state index in [1.54, 1.807) is 20.2 Å². The molecule has 0 saturated heterocycles. The molecule has 6 heteroatoms. The van der Waals surface area contributed by atoms with Crippen molar-refractivity contribution in [3.05, 3.63) is 10.8 Å². The Kier molecular flexibility index (Phi) is 6.00. The van der Waals surface area contributed by atoms with Gasteiger partial charge in [0.15, 0.2) is 0 Å². The first-order chi connectivity index (χ1) is 8.89. The fourth-order valence-corrected chi connectivity index (χ4v) is 2.35. The SMILES string of the molecule is CCCNc1ncnc(N(CC)CC(C)(C)O)c1Br. The summed E-state index contributed by atoms with van der Waals surface area (Å²) in [5.41, 5.74) is -0.766. The Morgan fingerprint density at radius 1 is 1.37 bits per heavy atom. The highest BCUT2D eigenvalue weighted by molar-refractivity contribution is 9.10. The highest BCUT2D eigenvalue weighted by Gasteiger charge is 2.21. The predicted molar refractivity (Wildman–Crippen MR) is 82.7 cm³/mol. The molecule has 0 aliphatic rings. The second-order valence-electron chi connectivity index (χ2n) is 5.11. The molecule has 0 aliphatic carbocycles. The van der Waals surface area contributed by atoms with Gasteiger partial charge in [-0.2, -0.15) is 0 Å². The number of nitrogens with zero attached hydrogens (tertiary/aromatic N) is 3. The van der Waals surface area contributed by atoms with Gasteiger partial charge in [-0.05, 0) is 43.1 Å². The van der Waals surface area contributed by atoms with Crippen molar-refractivity contribution in [3.8, 4) is 0 Å². The maximum atomic E-state index is 9.97. The zero-order valence-electron chi connectivity index (χ0n) is 12.1. The first-order valence-electron chi connectivity index (χ1n) is 6.60. The summed E-state index contributed by atoms with van der Waals surface area (Å²) in [4.78, 5) is 10.6. The molecule has 0 bridgehead atoms. The number of hydrogen-bond donors (Lipinski definition) is 2. The lowest BCUT2D eigenvalue weighted by Gasteiger charge is -2.29. The van der Waals surface area contributed by atoms with Crippen LogP contribution in [0.5, 0.6) is 0 Å². The zero-order valence-corrected chi connectivity index (χ0v) is 13.7. The van der Waals surface area contributed by atoms with Gasteiger partial charge in [-0.3, -0.25) is 0 Å². The van der Waals surface area contributed by atoms with Crippen LogP contribution in [0.15, 0.2) is 10.8 Å². The molecule has 0 aliphatic heterocycles. The van der Waals surface area contributed by atoms with E-state index in [0.29, 0.717) is 6.54 Å². The van der Waals surface area contributed by atoms with Crippen molar-refractivity contribution in [1.82, 2.24) is 9.97 Å². The van der Waals surface area contributed by atoms with Crippen LogP contribution < -0.4 is 10.2 Å². The third-order valence-electron chi connectivity index (χ3n) is 2.57. The minimum absolute atomic E-state index is 0.520. The van der Waals surface area contributed by atoms with Crippen molar-refractivity contribution in [2.45, 2.75) is 39.7 Å². The van der Waals surface area contributed by atoms with Crippen molar-refractivity contribution in [3.63, 3.8) is 0 Å². The quantitative estimate of drug-likeness (QED) is 0.804. The van der Waals surface area contributed by atoms with Crippen molar-refractivity contribution in [2.75, 3.05) is 29.9 Å². The monoisotopic (exact) mass is 330 g/mol. The smallest absolute Gasteiger partial charge is 0.148 e. The molecule has 2 N–H and O–H groups in total. The van der Waals surface area contributed by atoms with Crippen molar-refractivity contribution in [2.24, 2.45) is 0 Å². The molecule has 5 nitrogen and oxygen atoms in total. The van der Waals surface area contributed by atoms with Crippen molar-refractivity contribution < 1.29 is 5.11 Å². The molecule has 0 atom stereocenters. The summed E-state index contributed by atoms with van der Waals surface area (Å²) in [5.74, 6) is 1.60. The Balaban J connectivity index is 2.97. The topological polar surface area (TPSA) is 61.3 Å². The van der Waals surface area contributed by atoms with E-state index in [-0.39, 0.29) is 0 Å². The molecule has 1 aromatic rings. The van der Waals surface area contributed by atoms with Gasteiger partial charge in [-0.1, -0.05) is 6.92 Å². The van der Waals surface area contributed by atoms with E-state index < -0.39 is 5.60 Å². The van der Waals surface area contributed by atoms with Crippen LogP contribution in [0.1, 0.15) is 34.1 Å². The lowest BCUT2D eigenvalue weighted by molar-refractivity contribution is 0.0874. The molecule has 1 aromatic heterocycles. The highest BCUT2D eigenvalue weighted by atomic mass is 79.9. The minimum Gasteiger partial charge on any atom is -0.389 e. The lowest BCUT2D eigenvalue weighted by Crippen LogP contribution is -2.39. The summed E-state index contributed by atoms with van der Waals surface area (Å²) in [6.07, 6.45) is 2.58. The zero-order chi connectivity index (χ0) is 14.5. The Morgan fingerprint density at radius 3 is 2.58 bits per heavy atom. The summed E-state index contributed by atoms with van der Waals surface area (Å²) in [6, 6.07) is 0. The van der Waals surface area contributed by atoms with Crippen LogP contribution in [0.2, 0.25) is 0 Å². The molecule has 0 fully saturated rings. The van der Waals surface area contributed by atoms with E-state index in [4.69, 9.17) is 0 Å². The maximum Gasteiger partial charge on any atom is 0.148 e. The largest absolute Gasteiger partial charge is 0.389 e. The minimum atomic E-state index is -0.766. The van der Waals surface area contributed by atoms with Gasteiger partial charge in [0.2, 0.25) is 0 Å². The standard InChI is InChI=1S/C13H23BrN4O/c1-5-7-15-11-10(14)12(17-9-16-11)18(6-2)8-13(3,4)19/h9,19H,5-8H2,1-4H3,(H,15,16,17). The van der Waals surface area contributed by atoms with E-state index in [1.807, 2.05) is 11.8 Å². The summed E-state index contributed by atoms with van der Waals surface area (Å²) in [5, 5.41) is 13.2. The van der Waals surface area contributed by atoms with Crippen LogP contribution in [0.3, 0.4) is 0 Å². The Labute approximate surface area is 123 Å². The molecule has 1 rings (SSSR count). The van der Waals surface area contributed by atoms with Crippen molar-refractivity contribution in [1.29, 1.82) is 0 Å². The van der Waals surface area contributed by atoms with Crippen molar-refractivity contribution >= 4 is 27.6 Å². The van der Waals surface area contributed by atoms with Crippen LogP contribution in [-0.2, 0) is 0 Å². The molecule has 0 saturated carbocycles. The fraction of sp³-hybridized carbons (Fsp3) is 0.692. The van der Waals surface area contributed by atoms with Crippen LogP contribution in [0.4, 0.5) is 11.6 Å². The van der Waals surface area contributed by atoms with Crippen LogP contribution >= 0.6 is 15.9 Å². The highest BCUT2D eigenvalue weighted by Crippen LogP contribution is 2.30. The van der Waals surface area contributed by atoms with Gasteiger partial charge in [0.1, 0.15) is 22.4 Å². The third-order valence-corrected chi connectivity index (χ3v) is 3.30. The average molecular weight is 331 g/mol. The number of hydrogen-bond acceptors (Lipinski definition) is 5. The summed E-state index contributed by atoms with van der Waals surface area (Å²) in [6.45, 7) is 9.89. The molecular weight excluding hydrogens is 308 g/mol. The normalized spacial score (nSPS) is 11.5. The number of rotatable bonds is 7. The van der Waals surface area contributed by atoms with Gasteiger partial charge in [0, 0.05) is 19.6 Å². The molecule has 19 heavy (non-hydrogen) atoms. The van der Waals surface area contributed by atoms with E-state index in [9.17, 15) is 5.11 Å². The van der Waals surface area contributed by atoms with Gasteiger partial charge in [-0.25, -0.2) is 9.97 Å². The van der Waals surface area contributed by atoms with E-state index >= 15 is 0 Å². The molecular formula is C13H23BrN4O. The van der Waals surface area contributed by atoms with E-state index in [0.717, 1.165) is 35.6 Å². The fourth-order valence-electron chi connectivity index (χ4n) is 1.75. The molecule has 1 heterocycles. The number of aromatic nitrogens is 2. The Bertz CT molecular complexity index is 406. The average Bonchev–Trinajstić information content (AvgIpc) is 2.34. The first kappa shape index (κ1) is 16.2. The van der Waals surface area contributed by atoms with Gasteiger partial charge >= 0.3 is 0 Å². The number of likely N-dealkylation sites (N-methyl/N-ethyl adjacent to an activating group) is 1. The van der Waals surface area contributed by atoms with E-state index in [1.165, 1.54) is 0 Å². The van der Waals surface area contributed by atoms with Crippen LogP contribution in [0, 0.1) is 0 Å². The molecule has 0 amide bonds. The third kappa shape index (κ3) is 4.95. The summed E-state index contributed by atoms with van der Waals surface area (Å²) in [7, 11) is 0. The van der Waals surface area contributed by atoms with E-state index in [2.05, 4.69) is 38.1 Å². The maximum absolute atomic E-state index is 9.97. The number of anilines is 2. The van der Waals surface area contributed by atoms with Gasteiger partial charge < -0.3 is 15.3 Å². The Morgan fingerprint density at radius 2 is 2.05 bits per heavy atom. The summed E-state index contributed by atoms with van der Waals surface area (Å²) >= 11 is 3.55. The van der Waals surface area contributed by atoms with Gasteiger partial charge in [0.05, 0.1) is 5.60 Å². The molecule has 0 aromatic carbocycles. The number of halogens is 1. The molecule has 0 radical (unpaired) electrons. The predicted octanol–water partition coefficient (Wildman–Crippen LogP) is 2.66. The Hall–Kier alpha value is -0.880. The van der Waals surface area contributed by atoms with Crippen LogP contribution in [0.25, 0.3) is 0 Å². The second-order valence-corrected chi connectivity index (χ2v) is 5.91.